The van der Waals surface area contributed by atoms with Gasteiger partial charge >= 0.3 is 12.1 Å². The summed E-state index contributed by atoms with van der Waals surface area (Å²) >= 11 is 0. The quantitative estimate of drug-likeness (QED) is 0.509. The van der Waals surface area contributed by atoms with Gasteiger partial charge in [0.1, 0.15) is 0 Å². The van der Waals surface area contributed by atoms with Gasteiger partial charge in [-0.2, -0.15) is 13.2 Å². The van der Waals surface area contributed by atoms with Crippen LogP contribution in [0.4, 0.5) is 13.2 Å². The van der Waals surface area contributed by atoms with Crippen molar-refractivity contribution in [1.82, 2.24) is 5.32 Å². The van der Waals surface area contributed by atoms with Gasteiger partial charge in [-0.15, -0.1) is 0 Å². The van der Waals surface area contributed by atoms with Gasteiger partial charge in [0.15, 0.2) is 0 Å². The Bertz CT molecular complexity index is 194. The summed E-state index contributed by atoms with van der Waals surface area (Å²) in [6.07, 6.45) is -4.58. The molecular weight excluding hydrogens is 173 g/mol. The van der Waals surface area contributed by atoms with Crippen molar-refractivity contribution in [2.75, 3.05) is 13.1 Å². The van der Waals surface area contributed by atoms with Crippen LogP contribution in [0.2, 0.25) is 0 Å². The summed E-state index contributed by atoms with van der Waals surface area (Å²) < 4.78 is 34.5. The number of nitrogens with one attached hydrogen (secondary N) is 1. The summed E-state index contributed by atoms with van der Waals surface area (Å²) in [5.74, 6) is -1.95. The van der Waals surface area contributed by atoms with Crippen LogP contribution in [0.25, 0.3) is 4.85 Å². The number of halogens is 3. The van der Waals surface area contributed by atoms with Gasteiger partial charge in [0, 0.05) is 13.0 Å². The predicted molar refractivity (Wildman–Crippen MR) is 35.2 cm³/mol. The molecule has 1 N–H and O–H groups in total. The highest BCUT2D eigenvalue weighted by molar-refractivity contribution is 5.81. The summed E-state index contributed by atoms with van der Waals surface area (Å²) in [6, 6.07) is 0. The Morgan fingerprint density at radius 2 is 2.08 bits per heavy atom. The van der Waals surface area contributed by atoms with E-state index in [-0.39, 0.29) is 19.5 Å². The highest BCUT2D eigenvalue weighted by Crippen LogP contribution is 2.13. The normalized spacial score (nSPS) is 10.5. The average molecular weight is 180 g/mol. The molecule has 0 spiro atoms. The van der Waals surface area contributed by atoms with Crippen molar-refractivity contribution in [3.8, 4) is 0 Å². The van der Waals surface area contributed by atoms with Gasteiger partial charge in [-0.1, -0.05) is 0 Å². The highest BCUT2D eigenvalue weighted by Gasteiger charge is 2.38. The van der Waals surface area contributed by atoms with Crippen LogP contribution in [0.3, 0.4) is 0 Å². The van der Waals surface area contributed by atoms with E-state index in [4.69, 9.17) is 6.57 Å². The minimum atomic E-state index is -4.82. The van der Waals surface area contributed by atoms with Crippen molar-refractivity contribution in [2.45, 2.75) is 12.6 Å². The second kappa shape index (κ2) is 4.59. The molecule has 0 heterocycles. The third-order valence-electron chi connectivity index (χ3n) is 0.990. The molecular formula is C6H7F3N2O. The van der Waals surface area contributed by atoms with E-state index in [9.17, 15) is 18.0 Å². The zero-order chi connectivity index (χ0) is 9.61. The van der Waals surface area contributed by atoms with Crippen LogP contribution in [0.15, 0.2) is 0 Å². The smallest absolute Gasteiger partial charge is 0.348 e. The first kappa shape index (κ1) is 10.8. The molecule has 0 aliphatic heterocycles. The zero-order valence-electron chi connectivity index (χ0n) is 6.11. The summed E-state index contributed by atoms with van der Waals surface area (Å²) in [7, 11) is 0. The van der Waals surface area contributed by atoms with E-state index in [1.165, 1.54) is 0 Å². The lowest BCUT2D eigenvalue weighted by atomic mass is 10.4. The standard InChI is InChI=1S/C6H7F3N2O/c1-10-3-2-4-11-5(12)6(7,8)9/h2-4H2,(H,11,12). The summed E-state index contributed by atoms with van der Waals surface area (Å²) in [5.41, 5.74) is 0. The number of rotatable bonds is 3. The number of hydrogen-bond donors (Lipinski definition) is 1. The number of nitrogens with zero attached hydrogens (tertiary/aromatic N) is 1. The molecule has 68 valence electrons. The molecule has 1 amide bonds. The third kappa shape index (κ3) is 4.55. The van der Waals surface area contributed by atoms with E-state index in [1.807, 2.05) is 0 Å². The monoisotopic (exact) mass is 180 g/mol. The molecule has 0 saturated carbocycles. The lowest BCUT2D eigenvalue weighted by Crippen LogP contribution is -2.37. The number of hydrogen-bond acceptors (Lipinski definition) is 1. The van der Waals surface area contributed by atoms with Crippen LogP contribution >= 0.6 is 0 Å². The zero-order valence-corrected chi connectivity index (χ0v) is 6.11. The molecule has 0 aliphatic rings. The SMILES string of the molecule is [C-]#[N+]CCCNC(=O)C(F)(F)F. The molecule has 12 heavy (non-hydrogen) atoms. The van der Waals surface area contributed by atoms with E-state index in [2.05, 4.69) is 4.85 Å². The average Bonchev–Trinajstić information content (AvgIpc) is 1.96. The highest BCUT2D eigenvalue weighted by atomic mass is 19.4. The second-order valence-corrected chi connectivity index (χ2v) is 1.99. The number of carbonyl (C=O) groups excluding carboxylic acids is 1. The Hall–Kier alpha value is -1.25. The van der Waals surface area contributed by atoms with Crippen LogP contribution in [0.5, 0.6) is 0 Å². The van der Waals surface area contributed by atoms with Crippen LogP contribution in [0, 0.1) is 6.57 Å². The lowest BCUT2D eigenvalue weighted by Gasteiger charge is -2.05. The molecule has 0 rings (SSSR count). The van der Waals surface area contributed by atoms with E-state index >= 15 is 0 Å². The number of amides is 1. The van der Waals surface area contributed by atoms with Gasteiger partial charge in [-0.25, -0.2) is 6.57 Å². The number of carbonyl (C=O) groups is 1. The van der Waals surface area contributed by atoms with E-state index < -0.39 is 12.1 Å². The molecule has 0 radical (unpaired) electrons. The molecule has 0 fully saturated rings. The van der Waals surface area contributed by atoms with Crippen LogP contribution in [-0.2, 0) is 4.79 Å². The van der Waals surface area contributed by atoms with Gasteiger partial charge in [-0.05, 0) is 0 Å². The molecule has 0 unspecified atom stereocenters. The Balaban J connectivity index is 3.53. The van der Waals surface area contributed by atoms with Crippen LogP contribution in [0.1, 0.15) is 6.42 Å². The van der Waals surface area contributed by atoms with Crippen LogP contribution in [-0.4, -0.2) is 25.2 Å². The first-order valence-corrected chi connectivity index (χ1v) is 3.16. The Kier molecular flexibility index (Phi) is 4.11. The molecule has 0 aromatic heterocycles. The summed E-state index contributed by atoms with van der Waals surface area (Å²) in [6.45, 7) is 6.31. The summed E-state index contributed by atoms with van der Waals surface area (Å²) in [4.78, 5) is 13.0. The van der Waals surface area contributed by atoms with E-state index in [0.29, 0.717) is 0 Å². The fraction of sp³-hybridized carbons (Fsp3) is 0.667. The van der Waals surface area contributed by atoms with Crippen molar-refractivity contribution in [3.63, 3.8) is 0 Å². The Morgan fingerprint density at radius 1 is 1.50 bits per heavy atom. The van der Waals surface area contributed by atoms with Crippen molar-refractivity contribution in [2.24, 2.45) is 0 Å². The minimum absolute atomic E-state index is 0.110. The Labute approximate surface area is 67.4 Å². The van der Waals surface area contributed by atoms with Crippen molar-refractivity contribution >= 4 is 5.91 Å². The predicted octanol–water partition coefficient (Wildman–Crippen LogP) is 0.974. The largest absolute Gasteiger partial charge is 0.471 e. The van der Waals surface area contributed by atoms with Crippen molar-refractivity contribution in [3.05, 3.63) is 11.4 Å². The molecule has 0 atom stereocenters. The topological polar surface area (TPSA) is 33.5 Å². The molecule has 3 nitrogen and oxygen atoms in total. The number of alkyl halides is 3. The van der Waals surface area contributed by atoms with Gasteiger partial charge < -0.3 is 10.2 Å². The van der Waals surface area contributed by atoms with Gasteiger partial charge in [0.05, 0.1) is 0 Å². The molecule has 0 saturated heterocycles. The van der Waals surface area contributed by atoms with E-state index in [0.717, 1.165) is 0 Å². The minimum Gasteiger partial charge on any atom is -0.348 e. The molecule has 0 aromatic rings. The molecule has 0 aromatic carbocycles. The molecule has 6 heteroatoms. The Morgan fingerprint density at radius 3 is 2.50 bits per heavy atom. The van der Waals surface area contributed by atoms with Gasteiger partial charge in [0.2, 0.25) is 6.54 Å². The molecule has 0 aliphatic carbocycles. The first-order valence-electron chi connectivity index (χ1n) is 3.16. The molecule has 0 bridgehead atoms. The fourth-order valence-corrected chi connectivity index (χ4v) is 0.460. The summed E-state index contributed by atoms with van der Waals surface area (Å²) in [5, 5.41) is 1.65. The maximum atomic E-state index is 11.5. The fourth-order valence-electron chi connectivity index (χ4n) is 0.460. The third-order valence-corrected chi connectivity index (χ3v) is 0.990. The second-order valence-electron chi connectivity index (χ2n) is 1.99. The van der Waals surface area contributed by atoms with Crippen molar-refractivity contribution < 1.29 is 18.0 Å². The van der Waals surface area contributed by atoms with Gasteiger partial charge in [0.25, 0.3) is 0 Å². The van der Waals surface area contributed by atoms with Crippen molar-refractivity contribution in [1.29, 1.82) is 0 Å². The van der Waals surface area contributed by atoms with Gasteiger partial charge in [-0.3, -0.25) is 4.79 Å². The maximum absolute atomic E-state index is 11.5. The van der Waals surface area contributed by atoms with Crippen LogP contribution < -0.4 is 5.32 Å². The maximum Gasteiger partial charge on any atom is 0.471 e. The first-order chi connectivity index (χ1) is 5.48. The van der Waals surface area contributed by atoms with E-state index in [1.54, 1.807) is 5.32 Å². The lowest BCUT2D eigenvalue weighted by molar-refractivity contribution is -0.173.